The number of hydrogen-bond acceptors (Lipinski definition) is 6. The van der Waals surface area contributed by atoms with Crippen LogP contribution >= 0.6 is 0 Å². The van der Waals surface area contributed by atoms with Crippen molar-refractivity contribution in [1.82, 2.24) is 20.1 Å². The minimum atomic E-state index is 0.0748. The lowest BCUT2D eigenvalue weighted by molar-refractivity contribution is 0.209. The SMILES string of the molecule is Cc1nnc(-c2ccc(OCCCC(C)CN3CCN(c4ccncc4)C3=O)cc2)o1. The number of amides is 2. The topological polar surface area (TPSA) is 84.6 Å². The van der Waals surface area contributed by atoms with Gasteiger partial charge in [0.2, 0.25) is 11.8 Å². The van der Waals surface area contributed by atoms with Gasteiger partial charge in [0.05, 0.1) is 6.61 Å². The second-order valence-electron chi connectivity index (χ2n) is 7.83. The molecule has 0 spiro atoms. The number of aromatic nitrogens is 3. The van der Waals surface area contributed by atoms with Crippen LogP contribution in [-0.4, -0.2) is 52.4 Å². The van der Waals surface area contributed by atoms with Crippen LogP contribution in [0.4, 0.5) is 10.5 Å². The van der Waals surface area contributed by atoms with E-state index in [1.54, 1.807) is 19.3 Å². The van der Waals surface area contributed by atoms with Crippen molar-refractivity contribution in [3.63, 3.8) is 0 Å². The van der Waals surface area contributed by atoms with E-state index in [4.69, 9.17) is 9.15 Å². The maximum atomic E-state index is 12.7. The van der Waals surface area contributed by atoms with Gasteiger partial charge in [-0.1, -0.05) is 6.92 Å². The smallest absolute Gasteiger partial charge is 0.324 e. The Morgan fingerprint density at radius 3 is 2.58 bits per heavy atom. The molecule has 4 rings (SSSR count). The van der Waals surface area contributed by atoms with Gasteiger partial charge in [0.15, 0.2) is 0 Å². The predicted octanol–water partition coefficient (Wildman–Crippen LogP) is 4.18. The molecule has 2 aromatic heterocycles. The fourth-order valence-electron chi connectivity index (χ4n) is 3.71. The summed E-state index contributed by atoms with van der Waals surface area (Å²) in [7, 11) is 0. The van der Waals surface area contributed by atoms with Gasteiger partial charge in [0.25, 0.3) is 0 Å². The van der Waals surface area contributed by atoms with Gasteiger partial charge in [0.1, 0.15) is 5.75 Å². The van der Waals surface area contributed by atoms with E-state index in [-0.39, 0.29) is 6.03 Å². The number of hydrogen-bond donors (Lipinski definition) is 0. The number of aryl methyl sites for hydroxylation is 1. The molecule has 0 saturated carbocycles. The largest absolute Gasteiger partial charge is 0.494 e. The summed E-state index contributed by atoms with van der Waals surface area (Å²) in [6.07, 6.45) is 5.36. The third-order valence-electron chi connectivity index (χ3n) is 5.34. The van der Waals surface area contributed by atoms with Crippen LogP contribution in [0.3, 0.4) is 0 Å². The molecule has 162 valence electrons. The average Bonchev–Trinajstić information content (AvgIpc) is 3.38. The van der Waals surface area contributed by atoms with Gasteiger partial charge in [0, 0.05) is 50.2 Å². The molecule has 0 N–H and O–H groups in total. The lowest BCUT2D eigenvalue weighted by atomic mass is 10.1. The molecule has 8 heteroatoms. The third kappa shape index (κ3) is 5.20. The number of benzene rings is 1. The Morgan fingerprint density at radius 2 is 1.87 bits per heavy atom. The van der Waals surface area contributed by atoms with Crippen LogP contribution in [0.5, 0.6) is 5.75 Å². The average molecular weight is 422 g/mol. The number of rotatable bonds is 9. The Balaban J connectivity index is 1.18. The molecular formula is C23H27N5O3. The summed E-state index contributed by atoms with van der Waals surface area (Å²) in [5, 5.41) is 7.86. The van der Waals surface area contributed by atoms with Crippen LogP contribution in [0.1, 0.15) is 25.7 Å². The van der Waals surface area contributed by atoms with E-state index >= 15 is 0 Å². The first-order valence-corrected chi connectivity index (χ1v) is 10.6. The van der Waals surface area contributed by atoms with Crippen molar-refractivity contribution in [3.05, 3.63) is 54.7 Å². The zero-order valence-electron chi connectivity index (χ0n) is 17.9. The minimum Gasteiger partial charge on any atom is -0.494 e. The summed E-state index contributed by atoms with van der Waals surface area (Å²) in [4.78, 5) is 20.4. The molecule has 0 bridgehead atoms. The summed E-state index contributed by atoms with van der Waals surface area (Å²) in [6.45, 7) is 6.83. The molecule has 8 nitrogen and oxygen atoms in total. The Kier molecular flexibility index (Phi) is 6.45. The van der Waals surface area contributed by atoms with E-state index in [9.17, 15) is 4.79 Å². The zero-order chi connectivity index (χ0) is 21.6. The number of pyridine rings is 1. The highest BCUT2D eigenvalue weighted by molar-refractivity contribution is 5.94. The first kappa shape index (κ1) is 20.8. The van der Waals surface area contributed by atoms with Crippen LogP contribution in [0.15, 0.2) is 53.2 Å². The summed E-state index contributed by atoms with van der Waals surface area (Å²) in [5.41, 5.74) is 1.78. The van der Waals surface area contributed by atoms with E-state index < -0.39 is 0 Å². The second kappa shape index (κ2) is 9.59. The molecule has 1 aliphatic heterocycles. The molecule has 1 fully saturated rings. The standard InChI is InChI=1S/C23H27N5O3/c1-17(16-27-13-14-28(23(27)29)20-9-11-24-12-10-20)4-3-15-30-21-7-5-19(6-8-21)22-26-25-18(2)31-22/h5-12,17H,3-4,13-16H2,1-2H3. The number of carbonyl (C=O) groups is 1. The van der Waals surface area contributed by atoms with Crippen molar-refractivity contribution < 1.29 is 13.9 Å². The first-order chi connectivity index (χ1) is 15.1. The summed E-state index contributed by atoms with van der Waals surface area (Å²) >= 11 is 0. The van der Waals surface area contributed by atoms with Crippen LogP contribution < -0.4 is 9.64 Å². The van der Waals surface area contributed by atoms with E-state index in [2.05, 4.69) is 22.1 Å². The van der Waals surface area contributed by atoms with Gasteiger partial charge in [-0.3, -0.25) is 9.88 Å². The van der Waals surface area contributed by atoms with Crippen molar-refractivity contribution in [2.24, 2.45) is 5.92 Å². The van der Waals surface area contributed by atoms with Crippen LogP contribution in [0, 0.1) is 12.8 Å². The quantitative estimate of drug-likeness (QED) is 0.482. The molecule has 0 radical (unpaired) electrons. The highest BCUT2D eigenvalue weighted by Crippen LogP contribution is 2.23. The molecule has 0 aliphatic carbocycles. The molecule has 31 heavy (non-hydrogen) atoms. The van der Waals surface area contributed by atoms with Gasteiger partial charge in [-0.25, -0.2) is 4.79 Å². The Bertz CT molecular complexity index is 990. The summed E-state index contributed by atoms with van der Waals surface area (Å²) < 4.78 is 11.3. The molecule has 3 heterocycles. The fraction of sp³-hybridized carbons (Fsp3) is 0.391. The Labute approximate surface area is 181 Å². The van der Waals surface area contributed by atoms with Gasteiger partial charge in [-0.05, 0) is 55.2 Å². The minimum absolute atomic E-state index is 0.0748. The number of urea groups is 1. The van der Waals surface area contributed by atoms with E-state index in [1.165, 1.54) is 0 Å². The monoisotopic (exact) mass is 421 g/mol. The van der Waals surface area contributed by atoms with Crippen molar-refractivity contribution in [1.29, 1.82) is 0 Å². The zero-order valence-corrected chi connectivity index (χ0v) is 17.9. The maximum Gasteiger partial charge on any atom is 0.324 e. The molecule has 1 atom stereocenters. The molecule has 1 aromatic carbocycles. The molecule has 1 aliphatic rings. The summed E-state index contributed by atoms with van der Waals surface area (Å²) in [6, 6.07) is 11.5. The van der Waals surface area contributed by atoms with E-state index in [1.807, 2.05) is 46.2 Å². The first-order valence-electron chi connectivity index (χ1n) is 10.6. The number of nitrogens with zero attached hydrogens (tertiary/aromatic N) is 5. The Hall–Kier alpha value is -3.42. The lowest BCUT2D eigenvalue weighted by Crippen LogP contribution is -2.34. The van der Waals surface area contributed by atoms with E-state index in [0.29, 0.717) is 24.3 Å². The van der Waals surface area contributed by atoms with Crippen molar-refractivity contribution in [2.75, 3.05) is 31.1 Å². The molecule has 2 amide bonds. The number of anilines is 1. The second-order valence-corrected chi connectivity index (χ2v) is 7.83. The maximum absolute atomic E-state index is 12.7. The molecular weight excluding hydrogens is 394 g/mol. The highest BCUT2D eigenvalue weighted by Gasteiger charge is 2.30. The Morgan fingerprint density at radius 1 is 1.10 bits per heavy atom. The third-order valence-corrected chi connectivity index (χ3v) is 5.34. The summed E-state index contributed by atoms with van der Waals surface area (Å²) in [5.74, 6) is 2.28. The highest BCUT2D eigenvalue weighted by atomic mass is 16.5. The van der Waals surface area contributed by atoms with Gasteiger partial charge in [-0.15, -0.1) is 10.2 Å². The van der Waals surface area contributed by atoms with Crippen LogP contribution in [-0.2, 0) is 0 Å². The van der Waals surface area contributed by atoms with Crippen molar-refractivity contribution in [2.45, 2.75) is 26.7 Å². The van der Waals surface area contributed by atoms with Gasteiger partial charge < -0.3 is 14.1 Å². The van der Waals surface area contributed by atoms with Crippen LogP contribution in [0.25, 0.3) is 11.5 Å². The van der Waals surface area contributed by atoms with Crippen molar-refractivity contribution in [3.8, 4) is 17.2 Å². The van der Waals surface area contributed by atoms with Crippen LogP contribution in [0.2, 0.25) is 0 Å². The molecule has 1 saturated heterocycles. The molecule has 1 unspecified atom stereocenters. The predicted molar refractivity (Wildman–Crippen MR) is 117 cm³/mol. The normalized spacial score (nSPS) is 14.8. The lowest BCUT2D eigenvalue weighted by Gasteiger charge is -2.22. The van der Waals surface area contributed by atoms with E-state index in [0.717, 1.165) is 49.5 Å². The number of ether oxygens (including phenoxy) is 1. The number of carbonyl (C=O) groups excluding carboxylic acids is 1. The van der Waals surface area contributed by atoms with Crippen molar-refractivity contribution >= 4 is 11.7 Å². The van der Waals surface area contributed by atoms with Gasteiger partial charge in [-0.2, -0.15) is 0 Å². The molecule has 3 aromatic rings. The van der Waals surface area contributed by atoms with Gasteiger partial charge >= 0.3 is 6.03 Å². The fourth-order valence-corrected chi connectivity index (χ4v) is 3.71.